The summed E-state index contributed by atoms with van der Waals surface area (Å²) in [4.78, 5) is 5.29. The van der Waals surface area contributed by atoms with E-state index in [2.05, 4.69) is 26.1 Å². The minimum Gasteiger partial charge on any atom is -0.391 e. The Kier molecular flexibility index (Phi) is 4.93. The van der Waals surface area contributed by atoms with Gasteiger partial charge in [-0.1, -0.05) is 12.8 Å². The molecule has 1 aliphatic carbocycles. The van der Waals surface area contributed by atoms with Gasteiger partial charge in [-0.2, -0.15) is 5.10 Å². The van der Waals surface area contributed by atoms with Gasteiger partial charge in [-0.15, -0.1) is 0 Å². The van der Waals surface area contributed by atoms with Crippen molar-refractivity contribution in [3.63, 3.8) is 0 Å². The Hall–Kier alpha value is -0.910. The number of hydrogen-bond acceptors (Lipinski definition) is 4. The minimum atomic E-state index is -0.199. The van der Waals surface area contributed by atoms with Gasteiger partial charge in [0.05, 0.1) is 11.8 Å². The Morgan fingerprint density at radius 2 is 1.79 bits per heavy atom. The fraction of sp³-hybridized carbons (Fsp3) is 0.842. The Morgan fingerprint density at radius 3 is 2.46 bits per heavy atom. The van der Waals surface area contributed by atoms with E-state index in [1.54, 1.807) is 0 Å². The number of nitrogens with zero attached hydrogens (tertiary/aromatic N) is 3. The number of H-pyrrole nitrogens is 1. The van der Waals surface area contributed by atoms with Gasteiger partial charge in [-0.3, -0.25) is 10.00 Å². The van der Waals surface area contributed by atoms with Crippen LogP contribution in [-0.4, -0.2) is 69.5 Å². The Bertz CT molecular complexity index is 531. The maximum atomic E-state index is 10.5. The van der Waals surface area contributed by atoms with Crippen molar-refractivity contribution in [2.75, 3.05) is 26.2 Å². The zero-order valence-corrected chi connectivity index (χ0v) is 15.0. The topological polar surface area (TPSA) is 55.4 Å². The van der Waals surface area contributed by atoms with Crippen LogP contribution >= 0.6 is 0 Å². The van der Waals surface area contributed by atoms with E-state index in [1.165, 1.54) is 51.6 Å². The molecule has 5 heteroatoms. The van der Waals surface area contributed by atoms with Gasteiger partial charge < -0.3 is 10.0 Å². The third-order valence-corrected chi connectivity index (χ3v) is 6.52. The maximum Gasteiger partial charge on any atom is 0.0711 e. The molecule has 5 nitrogen and oxygen atoms in total. The van der Waals surface area contributed by atoms with Crippen molar-refractivity contribution in [3.8, 4) is 0 Å². The predicted octanol–water partition coefficient (Wildman–Crippen LogP) is 1.96. The summed E-state index contributed by atoms with van der Waals surface area (Å²) in [6.07, 6.45) is 8.93. The van der Waals surface area contributed by atoms with Gasteiger partial charge in [0.1, 0.15) is 0 Å². The second-order valence-electron chi connectivity index (χ2n) is 8.23. The third kappa shape index (κ3) is 3.53. The first-order valence-electron chi connectivity index (χ1n) is 9.86. The molecule has 3 fully saturated rings. The van der Waals surface area contributed by atoms with Crippen molar-refractivity contribution in [1.82, 2.24) is 20.0 Å². The highest BCUT2D eigenvalue weighted by molar-refractivity contribution is 5.09. The van der Waals surface area contributed by atoms with E-state index >= 15 is 0 Å². The molecule has 2 aliphatic heterocycles. The molecule has 2 saturated heterocycles. The lowest BCUT2D eigenvalue weighted by molar-refractivity contribution is 0.0871. The number of aromatic nitrogens is 2. The van der Waals surface area contributed by atoms with Gasteiger partial charge >= 0.3 is 0 Å². The lowest BCUT2D eigenvalue weighted by atomic mass is 9.99. The lowest BCUT2D eigenvalue weighted by Crippen LogP contribution is -2.47. The molecule has 2 atom stereocenters. The maximum absolute atomic E-state index is 10.5. The van der Waals surface area contributed by atoms with Crippen molar-refractivity contribution in [2.45, 2.75) is 70.1 Å². The van der Waals surface area contributed by atoms with E-state index in [9.17, 15) is 5.11 Å². The number of nitrogens with one attached hydrogen (secondary N) is 1. The largest absolute Gasteiger partial charge is 0.391 e. The van der Waals surface area contributed by atoms with Gasteiger partial charge in [0.15, 0.2) is 0 Å². The summed E-state index contributed by atoms with van der Waals surface area (Å²) in [5.41, 5.74) is 2.20. The minimum absolute atomic E-state index is 0.199. The normalized spacial score (nSPS) is 31.2. The molecule has 0 radical (unpaired) electrons. The summed E-state index contributed by atoms with van der Waals surface area (Å²) in [5.74, 6) is 0.334. The van der Waals surface area contributed by atoms with Crippen LogP contribution in [-0.2, 0) is 6.42 Å². The highest BCUT2D eigenvalue weighted by Crippen LogP contribution is 2.30. The zero-order valence-electron chi connectivity index (χ0n) is 15.0. The van der Waals surface area contributed by atoms with E-state index in [-0.39, 0.29) is 6.10 Å². The van der Waals surface area contributed by atoms with Gasteiger partial charge in [0.2, 0.25) is 0 Å². The number of hydrogen-bond donors (Lipinski definition) is 2. The fourth-order valence-corrected chi connectivity index (χ4v) is 5.12. The van der Waals surface area contributed by atoms with Crippen LogP contribution in [0.3, 0.4) is 0 Å². The molecule has 1 saturated carbocycles. The highest BCUT2D eigenvalue weighted by atomic mass is 16.3. The summed E-state index contributed by atoms with van der Waals surface area (Å²) in [6.45, 7) is 6.42. The van der Waals surface area contributed by atoms with Crippen molar-refractivity contribution in [3.05, 3.63) is 17.5 Å². The summed E-state index contributed by atoms with van der Waals surface area (Å²) in [6, 6.07) is 3.64. The first-order valence-corrected chi connectivity index (χ1v) is 9.86. The van der Waals surface area contributed by atoms with Crippen LogP contribution in [0.2, 0.25) is 0 Å². The van der Waals surface area contributed by atoms with Crippen LogP contribution < -0.4 is 0 Å². The van der Waals surface area contributed by atoms with E-state index in [4.69, 9.17) is 0 Å². The van der Waals surface area contributed by atoms with Crippen LogP contribution in [0, 0.1) is 12.8 Å². The molecule has 0 amide bonds. The second kappa shape index (κ2) is 7.14. The molecule has 24 heavy (non-hydrogen) atoms. The average molecular weight is 332 g/mol. The average Bonchev–Trinajstić information content (AvgIpc) is 3.31. The molecular formula is C19H32N4O. The zero-order chi connectivity index (χ0) is 16.5. The van der Waals surface area contributed by atoms with Gasteiger partial charge in [0, 0.05) is 36.8 Å². The van der Waals surface area contributed by atoms with Crippen molar-refractivity contribution < 1.29 is 5.11 Å². The summed E-state index contributed by atoms with van der Waals surface area (Å²) in [7, 11) is 0. The van der Waals surface area contributed by atoms with Crippen LogP contribution in [0.5, 0.6) is 0 Å². The molecule has 0 aromatic carbocycles. The van der Waals surface area contributed by atoms with Gasteiger partial charge in [-0.25, -0.2) is 0 Å². The molecule has 2 N–H and O–H groups in total. The number of β-amino-alcohol motifs (C(OH)–C–C–N with tert-alkyl or cyclic N) is 1. The first kappa shape index (κ1) is 16.6. The molecule has 3 aliphatic rings. The number of aliphatic hydroxyl groups excluding tert-OH is 1. The van der Waals surface area contributed by atoms with Gasteiger partial charge in [-0.05, 0) is 58.2 Å². The Labute approximate surface area is 145 Å². The molecule has 0 bridgehead atoms. The van der Waals surface area contributed by atoms with Crippen LogP contribution in [0.15, 0.2) is 6.07 Å². The third-order valence-electron chi connectivity index (χ3n) is 6.52. The van der Waals surface area contributed by atoms with Crippen LogP contribution in [0.4, 0.5) is 0 Å². The second-order valence-corrected chi connectivity index (χ2v) is 8.23. The molecular weight excluding hydrogens is 300 g/mol. The van der Waals surface area contributed by atoms with Crippen molar-refractivity contribution in [2.24, 2.45) is 5.92 Å². The lowest BCUT2D eigenvalue weighted by Gasteiger charge is -2.39. The van der Waals surface area contributed by atoms with E-state index in [1.807, 2.05) is 6.92 Å². The molecule has 0 unspecified atom stereocenters. The number of rotatable bonds is 4. The molecule has 4 rings (SSSR count). The molecule has 0 spiro atoms. The SMILES string of the molecule is Cc1cc(C[C@@H]2CN(C3CCN(C4CCCC4)CC3)C[C@H]2O)n[nH]1. The summed E-state index contributed by atoms with van der Waals surface area (Å²) in [5, 5.41) is 17.8. The fourth-order valence-electron chi connectivity index (χ4n) is 5.12. The van der Waals surface area contributed by atoms with Crippen molar-refractivity contribution in [1.29, 1.82) is 0 Å². The standard InChI is InChI=1S/C19H32N4O/c1-14-10-16(21-20-14)11-15-12-23(13-19(15)24)18-6-8-22(9-7-18)17-4-2-3-5-17/h10,15,17-19,24H,2-9,11-13H2,1H3,(H,20,21)/t15-,19-/m1/s1. The quantitative estimate of drug-likeness (QED) is 0.885. The van der Waals surface area contributed by atoms with E-state index in [0.29, 0.717) is 12.0 Å². The molecule has 1 aromatic rings. The van der Waals surface area contributed by atoms with Crippen molar-refractivity contribution >= 4 is 0 Å². The van der Waals surface area contributed by atoms with Crippen LogP contribution in [0.1, 0.15) is 49.9 Å². The van der Waals surface area contributed by atoms with E-state index in [0.717, 1.165) is 36.9 Å². The Balaban J connectivity index is 1.28. The number of piperidine rings is 1. The van der Waals surface area contributed by atoms with Gasteiger partial charge in [0.25, 0.3) is 0 Å². The first-order chi connectivity index (χ1) is 11.7. The van der Waals surface area contributed by atoms with E-state index < -0.39 is 0 Å². The molecule has 1 aromatic heterocycles. The smallest absolute Gasteiger partial charge is 0.0711 e. The number of likely N-dealkylation sites (tertiary alicyclic amines) is 2. The monoisotopic (exact) mass is 332 g/mol. The predicted molar refractivity (Wildman–Crippen MR) is 94.9 cm³/mol. The Morgan fingerprint density at radius 1 is 1.08 bits per heavy atom. The van der Waals surface area contributed by atoms with Crippen LogP contribution in [0.25, 0.3) is 0 Å². The number of aryl methyl sites for hydroxylation is 1. The summed E-state index contributed by atoms with van der Waals surface area (Å²) >= 11 is 0. The summed E-state index contributed by atoms with van der Waals surface area (Å²) < 4.78 is 0. The molecule has 3 heterocycles. The molecule has 134 valence electrons. The number of aromatic amines is 1. The highest BCUT2D eigenvalue weighted by Gasteiger charge is 2.37. The number of aliphatic hydroxyl groups is 1.